The van der Waals surface area contributed by atoms with E-state index in [1.807, 2.05) is 13.8 Å². The number of hydrogen-bond acceptors (Lipinski definition) is 2. The summed E-state index contributed by atoms with van der Waals surface area (Å²) in [7, 11) is 0. The number of aliphatic hydroxyl groups excluding tert-OH is 1. The lowest BCUT2D eigenvalue weighted by atomic mass is 9.62. The van der Waals surface area contributed by atoms with Crippen LogP contribution < -0.4 is 0 Å². The van der Waals surface area contributed by atoms with E-state index in [1.54, 1.807) is 0 Å². The van der Waals surface area contributed by atoms with E-state index in [0.29, 0.717) is 23.2 Å². The molecule has 2 heteroatoms. The highest BCUT2D eigenvalue weighted by Crippen LogP contribution is 2.57. The summed E-state index contributed by atoms with van der Waals surface area (Å²) >= 11 is 0. The predicted molar refractivity (Wildman–Crippen MR) is 87.9 cm³/mol. The summed E-state index contributed by atoms with van der Waals surface area (Å²) in [5.41, 5.74) is -0.348. The smallest absolute Gasteiger partial charge is 0.0651 e. The Morgan fingerprint density at radius 1 is 1.14 bits per heavy atom. The molecule has 2 aliphatic carbocycles. The number of hydrogen-bond donors (Lipinski definition) is 2. The van der Waals surface area contributed by atoms with Gasteiger partial charge in [-0.25, -0.2) is 0 Å². The molecule has 2 saturated carbocycles. The molecule has 0 aromatic rings. The van der Waals surface area contributed by atoms with Crippen molar-refractivity contribution in [1.82, 2.24) is 0 Å². The second kappa shape index (κ2) is 6.04. The third kappa shape index (κ3) is 3.37. The zero-order valence-electron chi connectivity index (χ0n) is 14.5. The van der Waals surface area contributed by atoms with Gasteiger partial charge in [0.1, 0.15) is 0 Å². The van der Waals surface area contributed by atoms with Crippen molar-refractivity contribution in [2.45, 2.75) is 78.4 Å². The molecule has 2 aliphatic rings. The number of rotatable bonds is 4. The normalized spacial score (nSPS) is 40.2. The number of fused-ring (bicyclic) bond motifs is 1. The van der Waals surface area contributed by atoms with Crippen molar-refractivity contribution in [3.8, 4) is 0 Å². The first kappa shape index (κ1) is 17.0. The van der Waals surface area contributed by atoms with Gasteiger partial charge in [0, 0.05) is 5.92 Å². The molecule has 21 heavy (non-hydrogen) atoms. The van der Waals surface area contributed by atoms with Crippen molar-refractivity contribution in [1.29, 1.82) is 0 Å². The van der Waals surface area contributed by atoms with Crippen molar-refractivity contribution in [2.24, 2.45) is 29.1 Å². The Kier molecular flexibility index (Phi) is 4.90. The van der Waals surface area contributed by atoms with Crippen LogP contribution in [-0.2, 0) is 0 Å². The Morgan fingerprint density at radius 3 is 2.43 bits per heavy atom. The zero-order chi connectivity index (χ0) is 15.8. The third-order valence-electron chi connectivity index (χ3n) is 6.61. The van der Waals surface area contributed by atoms with Gasteiger partial charge in [0.15, 0.2) is 0 Å². The molecule has 0 heterocycles. The highest BCUT2D eigenvalue weighted by molar-refractivity contribution is 5.06. The molecular weight excluding hydrogens is 260 g/mol. The van der Waals surface area contributed by atoms with E-state index in [2.05, 4.69) is 32.9 Å². The van der Waals surface area contributed by atoms with Gasteiger partial charge in [-0.3, -0.25) is 0 Å². The molecule has 122 valence electrons. The average molecular weight is 294 g/mol. The van der Waals surface area contributed by atoms with Crippen LogP contribution in [0.25, 0.3) is 0 Å². The van der Waals surface area contributed by atoms with Crippen molar-refractivity contribution in [2.75, 3.05) is 0 Å². The maximum absolute atomic E-state index is 10.3. The van der Waals surface area contributed by atoms with E-state index in [0.717, 1.165) is 6.42 Å². The van der Waals surface area contributed by atoms with Crippen molar-refractivity contribution in [3.05, 3.63) is 12.2 Å². The SMILES string of the molecule is CC(/C=C/[C@H](C)C(C)(C)O)[C@@H]1CC[C@H]2[C@@H](O)CCC[C@]12C. The number of allylic oxidation sites excluding steroid dienone is 1. The van der Waals surface area contributed by atoms with E-state index in [9.17, 15) is 10.2 Å². The molecule has 0 bridgehead atoms. The fraction of sp³-hybridized carbons (Fsp3) is 0.895. The second-order valence-electron chi connectivity index (χ2n) is 8.44. The molecular formula is C19H34O2. The van der Waals surface area contributed by atoms with Gasteiger partial charge in [0.2, 0.25) is 0 Å². The van der Waals surface area contributed by atoms with Gasteiger partial charge in [-0.2, -0.15) is 0 Å². The predicted octanol–water partition coefficient (Wildman–Crippen LogP) is 4.16. The molecule has 0 aliphatic heterocycles. The molecule has 2 rings (SSSR count). The van der Waals surface area contributed by atoms with E-state index >= 15 is 0 Å². The standard InChI is InChI=1S/C19H34O2/c1-13(8-9-14(2)18(3,4)21)15-10-11-16-17(20)7-6-12-19(15,16)5/h8-9,13-17,20-21H,6-7,10-12H2,1-5H3/b9-8+/t13?,14-,15-,16-,17-,19+/m0/s1. The van der Waals surface area contributed by atoms with E-state index in [1.165, 1.54) is 25.7 Å². The summed E-state index contributed by atoms with van der Waals surface area (Å²) in [6.07, 6.45) is 10.2. The van der Waals surface area contributed by atoms with Gasteiger partial charge in [-0.15, -0.1) is 0 Å². The van der Waals surface area contributed by atoms with Gasteiger partial charge in [0.25, 0.3) is 0 Å². The largest absolute Gasteiger partial charge is 0.393 e. The lowest BCUT2D eigenvalue weighted by molar-refractivity contribution is -0.0232. The first-order valence-electron chi connectivity index (χ1n) is 8.75. The second-order valence-corrected chi connectivity index (χ2v) is 8.44. The molecule has 2 N–H and O–H groups in total. The van der Waals surface area contributed by atoms with Gasteiger partial charge >= 0.3 is 0 Å². The lowest BCUT2D eigenvalue weighted by Gasteiger charge is -2.44. The van der Waals surface area contributed by atoms with E-state index in [4.69, 9.17) is 0 Å². The van der Waals surface area contributed by atoms with Gasteiger partial charge < -0.3 is 10.2 Å². The summed E-state index contributed by atoms with van der Waals surface area (Å²) < 4.78 is 0. The van der Waals surface area contributed by atoms with Gasteiger partial charge in [-0.1, -0.05) is 39.3 Å². The van der Waals surface area contributed by atoms with Crippen LogP contribution in [0.3, 0.4) is 0 Å². The minimum atomic E-state index is -0.653. The fourth-order valence-corrected chi connectivity index (χ4v) is 4.76. The van der Waals surface area contributed by atoms with Crippen LogP contribution >= 0.6 is 0 Å². The molecule has 6 atom stereocenters. The molecule has 0 aromatic carbocycles. The summed E-state index contributed by atoms with van der Waals surface area (Å²) in [4.78, 5) is 0. The Hall–Kier alpha value is -0.340. The van der Waals surface area contributed by atoms with E-state index in [-0.39, 0.29) is 12.0 Å². The maximum atomic E-state index is 10.3. The van der Waals surface area contributed by atoms with Crippen LogP contribution in [0.4, 0.5) is 0 Å². The molecule has 0 aromatic heterocycles. The molecule has 2 nitrogen and oxygen atoms in total. The first-order valence-corrected chi connectivity index (χ1v) is 8.75. The summed E-state index contributed by atoms with van der Waals surface area (Å²) in [5, 5.41) is 20.4. The monoisotopic (exact) mass is 294 g/mol. The molecule has 1 unspecified atom stereocenters. The summed E-state index contributed by atoms with van der Waals surface area (Å²) in [6.45, 7) is 10.5. The Labute approximate surface area is 130 Å². The topological polar surface area (TPSA) is 40.5 Å². The van der Waals surface area contributed by atoms with Crippen LogP contribution in [0, 0.1) is 29.1 Å². The summed E-state index contributed by atoms with van der Waals surface area (Å²) in [5.74, 6) is 1.86. The highest BCUT2D eigenvalue weighted by Gasteiger charge is 2.51. The minimum Gasteiger partial charge on any atom is -0.393 e. The fourth-order valence-electron chi connectivity index (χ4n) is 4.76. The zero-order valence-corrected chi connectivity index (χ0v) is 14.5. The molecule has 0 saturated heterocycles. The van der Waals surface area contributed by atoms with Crippen molar-refractivity contribution in [3.63, 3.8) is 0 Å². The van der Waals surface area contributed by atoms with Crippen LogP contribution in [0.2, 0.25) is 0 Å². The molecule has 0 spiro atoms. The number of aliphatic hydroxyl groups is 2. The maximum Gasteiger partial charge on any atom is 0.0651 e. The van der Waals surface area contributed by atoms with Gasteiger partial charge in [0.05, 0.1) is 11.7 Å². The third-order valence-corrected chi connectivity index (χ3v) is 6.61. The first-order chi connectivity index (χ1) is 9.66. The van der Waals surface area contributed by atoms with Crippen LogP contribution in [0.15, 0.2) is 12.2 Å². The highest BCUT2D eigenvalue weighted by atomic mass is 16.3. The Balaban J connectivity index is 2.06. The lowest BCUT2D eigenvalue weighted by Crippen LogP contribution is -2.41. The molecule has 2 fully saturated rings. The average Bonchev–Trinajstić information content (AvgIpc) is 2.73. The molecule has 0 radical (unpaired) electrons. The van der Waals surface area contributed by atoms with Crippen LogP contribution in [0.5, 0.6) is 0 Å². The summed E-state index contributed by atoms with van der Waals surface area (Å²) in [6, 6.07) is 0. The quantitative estimate of drug-likeness (QED) is 0.764. The minimum absolute atomic E-state index is 0.0831. The molecule has 0 amide bonds. The van der Waals surface area contributed by atoms with E-state index < -0.39 is 5.60 Å². The van der Waals surface area contributed by atoms with Crippen molar-refractivity contribution >= 4 is 0 Å². The van der Waals surface area contributed by atoms with Crippen LogP contribution in [0.1, 0.15) is 66.7 Å². The Bertz CT molecular complexity index is 382. The van der Waals surface area contributed by atoms with Gasteiger partial charge in [-0.05, 0) is 62.7 Å². The Morgan fingerprint density at radius 2 is 1.81 bits per heavy atom. The van der Waals surface area contributed by atoms with Crippen molar-refractivity contribution < 1.29 is 10.2 Å². The van der Waals surface area contributed by atoms with Crippen LogP contribution in [-0.4, -0.2) is 21.9 Å².